The molecule has 0 aliphatic heterocycles. The number of rotatable bonds is 4. The molecule has 28 heavy (non-hydrogen) atoms. The van der Waals surface area contributed by atoms with Gasteiger partial charge in [0.05, 0.1) is 22.3 Å². The van der Waals surface area contributed by atoms with Gasteiger partial charge in [0, 0.05) is 10.0 Å². The molecule has 0 unspecified atom stereocenters. The minimum absolute atomic E-state index is 0.125. The Morgan fingerprint density at radius 2 is 1.79 bits per heavy atom. The Kier molecular flexibility index (Phi) is 9.38. The topological polar surface area (TPSA) is 50.2 Å². The fourth-order valence-corrected chi connectivity index (χ4v) is 2.76. The lowest BCUT2D eigenvalue weighted by atomic mass is 10.1. The van der Waals surface area contributed by atoms with Gasteiger partial charge >= 0.3 is 0 Å². The van der Waals surface area contributed by atoms with Crippen LogP contribution in [0.15, 0.2) is 46.6 Å². The van der Waals surface area contributed by atoms with Gasteiger partial charge in [-0.3, -0.25) is 4.99 Å². The van der Waals surface area contributed by atoms with E-state index in [2.05, 4.69) is 49.5 Å². The van der Waals surface area contributed by atoms with Crippen LogP contribution in [0, 0.1) is 11.6 Å². The van der Waals surface area contributed by atoms with Gasteiger partial charge in [-0.2, -0.15) is 0 Å². The van der Waals surface area contributed by atoms with Crippen molar-refractivity contribution in [1.29, 1.82) is 0 Å². The molecule has 0 atom stereocenters. The molecule has 0 fully saturated rings. The minimum atomic E-state index is -0.570. The van der Waals surface area contributed by atoms with Crippen LogP contribution >= 0.6 is 15.9 Å². The largest absolute Gasteiger partial charge is 0.337 e. The quantitative estimate of drug-likeness (QED) is 0.421. The summed E-state index contributed by atoms with van der Waals surface area (Å²) in [5.41, 5.74) is 1.10. The highest BCUT2D eigenvalue weighted by Gasteiger charge is 2.15. The van der Waals surface area contributed by atoms with Gasteiger partial charge in [-0.1, -0.05) is 56.3 Å². The van der Waals surface area contributed by atoms with Crippen LogP contribution in [0.1, 0.15) is 33.3 Å². The van der Waals surface area contributed by atoms with Gasteiger partial charge in [-0.15, -0.1) is 0 Å². The van der Waals surface area contributed by atoms with Crippen molar-refractivity contribution >= 4 is 56.8 Å². The van der Waals surface area contributed by atoms with Gasteiger partial charge in [0.25, 0.3) is 0 Å². The summed E-state index contributed by atoms with van der Waals surface area (Å²) in [5, 5.41) is 2.98. The Balaban J connectivity index is 0.000000921. The first-order chi connectivity index (χ1) is 13.5. The normalized spacial score (nSPS) is 9.54. The molecule has 148 valence electrons. The molecular formula is C21H23BrF2N4. The van der Waals surface area contributed by atoms with Crippen molar-refractivity contribution in [3.8, 4) is 0 Å². The van der Waals surface area contributed by atoms with E-state index in [0.717, 1.165) is 0 Å². The number of fused-ring (bicyclic) bond motifs is 1. The monoisotopic (exact) mass is 448 g/mol. The molecule has 0 aliphatic carbocycles. The van der Waals surface area contributed by atoms with E-state index in [1.165, 1.54) is 24.5 Å². The smallest absolute Gasteiger partial charge is 0.156 e. The van der Waals surface area contributed by atoms with Gasteiger partial charge in [0.2, 0.25) is 0 Å². The third-order valence-corrected chi connectivity index (χ3v) is 3.90. The van der Waals surface area contributed by atoms with E-state index in [1.807, 2.05) is 27.7 Å². The van der Waals surface area contributed by atoms with Crippen LogP contribution < -0.4 is 5.32 Å². The molecule has 1 N–H and O–H groups in total. The second-order valence-corrected chi connectivity index (χ2v) is 5.77. The molecule has 0 spiro atoms. The number of hydrogen-bond acceptors (Lipinski definition) is 4. The average Bonchev–Trinajstić information content (AvgIpc) is 2.72. The fourth-order valence-electron chi connectivity index (χ4n) is 2.34. The minimum Gasteiger partial charge on any atom is -0.337 e. The first kappa shape index (κ1) is 23.4. The SMILES string of the molecule is C=Cc1c(N=C)ccc(Nc2ncnc3cc(Br)cc(F)c23)c1F.CC.CC. The summed E-state index contributed by atoms with van der Waals surface area (Å²) in [4.78, 5) is 11.8. The van der Waals surface area contributed by atoms with E-state index in [0.29, 0.717) is 15.7 Å². The first-order valence-corrected chi connectivity index (χ1v) is 9.63. The maximum Gasteiger partial charge on any atom is 0.156 e. The van der Waals surface area contributed by atoms with Crippen molar-refractivity contribution < 1.29 is 8.78 Å². The summed E-state index contributed by atoms with van der Waals surface area (Å²) in [6.07, 6.45) is 2.63. The number of anilines is 2. The Morgan fingerprint density at radius 1 is 1.11 bits per heavy atom. The summed E-state index contributed by atoms with van der Waals surface area (Å²) in [7, 11) is 0. The Bertz CT molecular complexity index is 974. The van der Waals surface area contributed by atoms with Crippen molar-refractivity contribution in [2.45, 2.75) is 27.7 Å². The van der Waals surface area contributed by atoms with Crippen molar-refractivity contribution in [2.75, 3.05) is 5.32 Å². The lowest BCUT2D eigenvalue weighted by Crippen LogP contribution is -2.01. The maximum absolute atomic E-state index is 14.6. The standard InChI is InChI=1S/C17H11BrF2N4.2C2H6/c1-3-10-12(21-2)4-5-13(16(10)20)24-17-15-11(19)6-9(18)7-14(15)22-8-23-17;2*1-2/h3-8H,1-2H2,(H,22,23,24);2*1-2H3. The second kappa shape index (κ2) is 11.2. The van der Waals surface area contributed by atoms with Crippen molar-refractivity contribution in [2.24, 2.45) is 4.99 Å². The Labute approximate surface area is 172 Å². The summed E-state index contributed by atoms with van der Waals surface area (Å²) >= 11 is 3.21. The number of nitrogens with one attached hydrogen (secondary N) is 1. The van der Waals surface area contributed by atoms with Crippen molar-refractivity contribution in [3.63, 3.8) is 0 Å². The van der Waals surface area contributed by atoms with Crippen LogP contribution in [0.3, 0.4) is 0 Å². The lowest BCUT2D eigenvalue weighted by Gasteiger charge is -2.12. The molecule has 0 bridgehead atoms. The van der Waals surface area contributed by atoms with E-state index < -0.39 is 11.6 Å². The Hall–Kier alpha value is -2.67. The molecule has 0 saturated heterocycles. The van der Waals surface area contributed by atoms with Crippen molar-refractivity contribution in [3.05, 3.63) is 58.8 Å². The Morgan fingerprint density at radius 3 is 2.39 bits per heavy atom. The zero-order valence-electron chi connectivity index (χ0n) is 16.4. The van der Waals surface area contributed by atoms with E-state index in [1.54, 1.807) is 12.1 Å². The molecule has 4 nitrogen and oxygen atoms in total. The number of aromatic nitrogens is 2. The number of hydrogen-bond donors (Lipinski definition) is 1. The van der Waals surface area contributed by atoms with E-state index in [4.69, 9.17) is 0 Å². The van der Waals surface area contributed by atoms with E-state index >= 15 is 0 Å². The lowest BCUT2D eigenvalue weighted by molar-refractivity contribution is 0.629. The highest BCUT2D eigenvalue weighted by atomic mass is 79.9. The van der Waals surface area contributed by atoms with Crippen LogP contribution in [0.2, 0.25) is 0 Å². The van der Waals surface area contributed by atoms with Crippen LogP contribution in [0.25, 0.3) is 17.0 Å². The zero-order chi connectivity index (χ0) is 21.3. The van der Waals surface area contributed by atoms with Gasteiger partial charge in [-0.05, 0) is 31.0 Å². The molecule has 0 saturated carbocycles. The third-order valence-electron chi connectivity index (χ3n) is 3.44. The second-order valence-electron chi connectivity index (χ2n) is 4.85. The van der Waals surface area contributed by atoms with E-state index in [9.17, 15) is 8.78 Å². The maximum atomic E-state index is 14.6. The molecule has 7 heteroatoms. The molecule has 0 radical (unpaired) electrons. The summed E-state index contributed by atoms with van der Waals surface area (Å²) in [6, 6.07) is 6.03. The number of benzene rings is 2. The van der Waals surface area contributed by atoms with Crippen LogP contribution in [-0.2, 0) is 0 Å². The molecule has 1 aromatic heterocycles. The third kappa shape index (κ3) is 4.98. The molecule has 1 heterocycles. The van der Waals surface area contributed by atoms with Crippen LogP contribution in [0.5, 0.6) is 0 Å². The van der Waals surface area contributed by atoms with Gasteiger partial charge < -0.3 is 5.32 Å². The molecule has 2 aromatic carbocycles. The van der Waals surface area contributed by atoms with Gasteiger partial charge in [0.15, 0.2) is 5.82 Å². The highest BCUT2D eigenvalue weighted by molar-refractivity contribution is 9.10. The average molecular weight is 449 g/mol. The predicted octanol–water partition coefficient (Wildman–Crippen LogP) is 7.44. The van der Waals surface area contributed by atoms with Gasteiger partial charge in [0.1, 0.15) is 18.0 Å². The molecule has 0 aliphatic rings. The molecule has 0 amide bonds. The zero-order valence-corrected chi connectivity index (χ0v) is 17.9. The van der Waals surface area contributed by atoms with E-state index in [-0.39, 0.29) is 22.5 Å². The van der Waals surface area contributed by atoms with Crippen molar-refractivity contribution in [1.82, 2.24) is 9.97 Å². The number of nitrogens with zero attached hydrogens (tertiary/aromatic N) is 3. The molecule has 3 aromatic rings. The first-order valence-electron chi connectivity index (χ1n) is 8.83. The summed E-state index contributed by atoms with van der Waals surface area (Å²) in [5.74, 6) is -0.923. The van der Waals surface area contributed by atoms with Crippen LogP contribution in [0.4, 0.5) is 26.0 Å². The molecular weight excluding hydrogens is 426 g/mol. The summed E-state index contributed by atoms with van der Waals surface area (Å²) < 4.78 is 29.5. The summed E-state index contributed by atoms with van der Waals surface area (Å²) in [6.45, 7) is 15.0. The fraction of sp³-hybridized carbons (Fsp3) is 0.190. The number of halogens is 3. The molecule has 3 rings (SSSR count). The number of aliphatic imine (C=N–C) groups is 1. The highest BCUT2D eigenvalue weighted by Crippen LogP contribution is 2.32. The predicted molar refractivity (Wildman–Crippen MR) is 119 cm³/mol. The van der Waals surface area contributed by atoms with Crippen LogP contribution in [-0.4, -0.2) is 16.7 Å². The van der Waals surface area contributed by atoms with Gasteiger partial charge in [-0.25, -0.2) is 18.7 Å².